The maximum Gasteiger partial charge on any atom is 0.303 e. The van der Waals surface area contributed by atoms with Crippen LogP contribution in [0.3, 0.4) is 0 Å². The molecule has 0 radical (unpaired) electrons. The summed E-state index contributed by atoms with van der Waals surface area (Å²) in [4.78, 5) is 32.2. The van der Waals surface area contributed by atoms with Crippen molar-refractivity contribution in [3.63, 3.8) is 0 Å². The van der Waals surface area contributed by atoms with Gasteiger partial charge in [0.05, 0.1) is 12.7 Å². The van der Waals surface area contributed by atoms with Crippen LogP contribution in [0.15, 0.2) is 0 Å². The molecule has 0 heterocycles. The second-order valence-electron chi connectivity index (χ2n) is 3.98. The highest BCUT2D eigenvalue weighted by Crippen LogP contribution is 2.00. The maximum atomic E-state index is 10.9. The van der Waals surface area contributed by atoms with E-state index in [2.05, 4.69) is 0 Å². The van der Waals surface area contributed by atoms with Crippen molar-refractivity contribution in [3.8, 4) is 0 Å². The molecule has 0 aromatic carbocycles. The number of carbonyl (C=O) groups excluding carboxylic acids is 3. The van der Waals surface area contributed by atoms with E-state index in [1.165, 1.54) is 20.8 Å². The monoisotopic (exact) mass is 276 g/mol. The van der Waals surface area contributed by atoms with E-state index in [0.29, 0.717) is 0 Å². The van der Waals surface area contributed by atoms with E-state index in [0.717, 1.165) is 0 Å². The lowest BCUT2D eigenvalue weighted by Crippen LogP contribution is -2.31. The molecule has 110 valence electrons. The number of hydrogen-bond acceptors (Lipinski definition) is 7. The van der Waals surface area contributed by atoms with Gasteiger partial charge in [0.1, 0.15) is 13.2 Å². The van der Waals surface area contributed by atoms with Gasteiger partial charge in [-0.1, -0.05) is 0 Å². The fourth-order valence-corrected chi connectivity index (χ4v) is 1.12. The van der Waals surface area contributed by atoms with Gasteiger partial charge in [-0.15, -0.1) is 0 Å². The zero-order chi connectivity index (χ0) is 14.8. The van der Waals surface area contributed by atoms with E-state index in [1.54, 1.807) is 6.92 Å². The predicted octanol–water partition coefficient (Wildman–Crippen LogP) is 0.449. The minimum absolute atomic E-state index is 0.0509. The van der Waals surface area contributed by atoms with Gasteiger partial charge in [0, 0.05) is 20.8 Å². The molecule has 0 aromatic rings. The standard InChI is InChI=1S/C12H20O7/c1-8(5-17-9(2)13)16-6-12(19-11(4)15)7-18-10(3)14/h8,12H,5-7H2,1-4H3. The minimum Gasteiger partial charge on any atom is -0.463 e. The van der Waals surface area contributed by atoms with Gasteiger partial charge < -0.3 is 18.9 Å². The first-order valence-corrected chi connectivity index (χ1v) is 5.86. The highest BCUT2D eigenvalue weighted by molar-refractivity contribution is 5.67. The fourth-order valence-electron chi connectivity index (χ4n) is 1.12. The lowest BCUT2D eigenvalue weighted by atomic mass is 10.3. The van der Waals surface area contributed by atoms with Gasteiger partial charge in [0.15, 0.2) is 6.10 Å². The molecule has 0 saturated carbocycles. The predicted molar refractivity (Wildman–Crippen MR) is 64.2 cm³/mol. The molecule has 0 bridgehead atoms. The summed E-state index contributed by atoms with van der Waals surface area (Å²) in [7, 11) is 0. The highest BCUT2D eigenvalue weighted by Gasteiger charge is 2.16. The Hall–Kier alpha value is -1.63. The maximum absolute atomic E-state index is 10.9. The number of hydrogen-bond donors (Lipinski definition) is 0. The lowest BCUT2D eigenvalue weighted by Gasteiger charge is -2.19. The second-order valence-corrected chi connectivity index (χ2v) is 3.98. The van der Waals surface area contributed by atoms with Crippen molar-refractivity contribution in [2.24, 2.45) is 0 Å². The average molecular weight is 276 g/mol. The number of ether oxygens (including phenoxy) is 4. The van der Waals surface area contributed by atoms with Crippen molar-refractivity contribution in [2.45, 2.75) is 39.9 Å². The van der Waals surface area contributed by atoms with Crippen LogP contribution in [0, 0.1) is 0 Å². The van der Waals surface area contributed by atoms with E-state index in [9.17, 15) is 14.4 Å². The van der Waals surface area contributed by atoms with Crippen molar-refractivity contribution in [3.05, 3.63) is 0 Å². The zero-order valence-corrected chi connectivity index (χ0v) is 11.6. The van der Waals surface area contributed by atoms with Gasteiger partial charge in [0.25, 0.3) is 0 Å². The SMILES string of the molecule is CC(=O)OCC(C)OCC(COC(C)=O)OC(C)=O. The van der Waals surface area contributed by atoms with Crippen LogP contribution in [-0.2, 0) is 33.3 Å². The van der Waals surface area contributed by atoms with Crippen LogP contribution in [0.25, 0.3) is 0 Å². The van der Waals surface area contributed by atoms with Crippen molar-refractivity contribution >= 4 is 17.9 Å². The first-order valence-electron chi connectivity index (χ1n) is 5.86. The summed E-state index contributed by atoms with van der Waals surface area (Å²) in [5.74, 6) is -1.36. The summed E-state index contributed by atoms with van der Waals surface area (Å²) in [6.07, 6.45) is -1.03. The smallest absolute Gasteiger partial charge is 0.303 e. The van der Waals surface area contributed by atoms with Crippen LogP contribution in [0.1, 0.15) is 27.7 Å². The van der Waals surface area contributed by atoms with Crippen molar-refractivity contribution in [1.82, 2.24) is 0 Å². The molecule has 2 unspecified atom stereocenters. The van der Waals surface area contributed by atoms with Gasteiger partial charge in [-0.25, -0.2) is 0 Å². The van der Waals surface area contributed by atoms with Crippen molar-refractivity contribution in [2.75, 3.05) is 19.8 Å². The number of rotatable bonds is 8. The molecule has 7 heteroatoms. The van der Waals surface area contributed by atoms with Crippen LogP contribution in [0.2, 0.25) is 0 Å². The second kappa shape index (κ2) is 9.32. The first kappa shape index (κ1) is 17.4. The van der Waals surface area contributed by atoms with Crippen LogP contribution in [0.4, 0.5) is 0 Å². The van der Waals surface area contributed by atoms with Gasteiger partial charge in [0.2, 0.25) is 0 Å². The Morgan fingerprint density at radius 2 is 1.37 bits per heavy atom. The molecule has 0 spiro atoms. The molecule has 0 aliphatic carbocycles. The Kier molecular flexibility index (Phi) is 8.52. The Morgan fingerprint density at radius 3 is 1.84 bits per heavy atom. The zero-order valence-electron chi connectivity index (χ0n) is 11.6. The molecule has 0 aromatic heterocycles. The third kappa shape index (κ3) is 11.2. The summed E-state index contributed by atoms with van der Waals surface area (Å²) in [6, 6.07) is 0. The van der Waals surface area contributed by atoms with E-state index >= 15 is 0 Å². The fraction of sp³-hybridized carbons (Fsp3) is 0.750. The van der Waals surface area contributed by atoms with Gasteiger partial charge in [-0.05, 0) is 6.92 Å². The lowest BCUT2D eigenvalue weighted by molar-refractivity contribution is -0.162. The van der Waals surface area contributed by atoms with E-state index in [1.807, 2.05) is 0 Å². The third-order valence-corrected chi connectivity index (χ3v) is 1.89. The highest BCUT2D eigenvalue weighted by atomic mass is 16.6. The number of esters is 3. The van der Waals surface area contributed by atoms with E-state index in [-0.39, 0.29) is 25.9 Å². The molecule has 7 nitrogen and oxygen atoms in total. The van der Waals surface area contributed by atoms with E-state index < -0.39 is 24.0 Å². The molecule has 2 atom stereocenters. The first-order chi connectivity index (χ1) is 8.81. The summed E-state index contributed by atoms with van der Waals surface area (Å²) >= 11 is 0. The number of carbonyl (C=O) groups is 3. The van der Waals surface area contributed by atoms with Crippen LogP contribution in [0.5, 0.6) is 0 Å². The summed E-state index contributed by atoms with van der Waals surface area (Å²) in [6.45, 7) is 5.60. The van der Waals surface area contributed by atoms with Gasteiger partial charge in [-0.3, -0.25) is 14.4 Å². The molecular formula is C12H20O7. The Labute approximate surface area is 112 Å². The Bertz CT molecular complexity index is 313. The third-order valence-electron chi connectivity index (χ3n) is 1.89. The minimum atomic E-state index is -0.679. The molecular weight excluding hydrogens is 256 g/mol. The molecule has 0 aliphatic rings. The van der Waals surface area contributed by atoms with Crippen molar-refractivity contribution < 1.29 is 33.3 Å². The molecule has 0 aliphatic heterocycles. The largest absolute Gasteiger partial charge is 0.463 e. The van der Waals surface area contributed by atoms with Gasteiger partial charge in [-0.2, -0.15) is 0 Å². The quantitative estimate of drug-likeness (QED) is 0.469. The summed E-state index contributed by atoms with van der Waals surface area (Å²) in [5.41, 5.74) is 0. The average Bonchev–Trinajstić information content (AvgIpc) is 2.29. The normalized spacial score (nSPS) is 13.3. The van der Waals surface area contributed by atoms with E-state index in [4.69, 9.17) is 18.9 Å². The van der Waals surface area contributed by atoms with Crippen LogP contribution >= 0.6 is 0 Å². The summed E-state index contributed by atoms with van der Waals surface area (Å²) < 4.78 is 19.8. The molecule has 0 fully saturated rings. The molecule has 0 rings (SSSR count). The van der Waals surface area contributed by atoms with Gasteiger partial charge >= 0.3 is 17.9 Å². The summed E-state index contributed by atoms with van der Waals surface area (Å²) in [5, 5.41) is 0. The van der Waals surface area contributed by atoms with Crippen LogP contribution in [-0.4, -0.2) is 49.9 Å². The molecule has 0 amide bonds. The molecule has 0 saturated heterocycles. The topological polar surface area (TPSA) is 88.1 Å². The molecule has 19 heavy (non-hydrogen) atoms. The molecule has 0 N–H and O–H groups in total. The Balaban J connectivity index is 4.05. The van der Waals surface area contributed by atoms with Crippen molar-refractivity contribution in [1.29, 1.82) is 0 Å². The Morgan fingerprint density at radius 1 is 0.842 bits per heavy atom. The van der Waals surface area contributed by atoms with Crippen LogP contribution < -0.4 is 0 Å².